The van der Waals surface area contributed by atoms with E-state index in [9.17, 15) is 9.90 Å². The lowest BCUT2D eigenvalue weighted by atomic mass is 10.0. The monoisotopic (exact) mass is 288 g/mol. The van der Waals surface area contributed by atoms with Crippen LogP contribution in [0.3, 0.4) is 0 Å². The van der Waals surface area contributed by atoms with E-state index in [1.54, 1.807) is 6.07 Å². The van der Waals surface area contributed by atoms with Crippen molar-refractivity contribution in [2.45, 2.75) is 38.8 Å². The Morgan fingerprint density at radius 1 is 1.29 bits per heavy atom. The number of fused-ring (bicyclic) bond motifs is 1. The summed E-state index contributed by atoms with van der Waals surface area (Å²) in [6.45, 7) is 4.82. The first kappa shape index (κ1) is 14.3. The van der Waals surface area contributed by atoms with Crippen molar-refractivity contribution in [3.8, 4) is 0 Å². The van der Waals surface area contributed by atoms with Gasteiger partial charge in [0.15, 0.2) is 0 Å². The van der Waals surface area contributed by atoms with E-state index in [4.69, 9.17) is 4.42 Å². The summed E-state index contributed by atoms with van der Waals surface area (Å²) in [6.07, 6.45) is 2.46. The Labute approximate surface area is 124 Å². The van der Waals surface area contributed by atoms with Crippen LogP contribution in [0.2, 0.25) is 0 Å². The summed E-state index contributed by atoms with van der Waals surface area (Å²) in [5, 5.41) is 10.6. The summed E-state index contributed by atoms with van der Waals surface area (Å²) >= 11 is 0. The van der Waals surface area contributed by atoms with E-state index in [0.29, 0.717) is 5.58 Å². The van der Waals surface area contributed by atoms with Crippen LogP contribution >= 0.6 is 0 Å². The first-order chi connectivity index (χ1) is 10.2. The van der Waals surface area contributed by atoms with Gasteiger partial charge in [-0.15, -0.1) is 0 Å². The van der Waals surface area contributed by atoms with Gasteiger partial charge in [-0.05, 0) is 18.1 Å². The van der Waals surface area contributed by atoms with Gasteiger partial charge in [-0.1, -0.05) is 19.1 Å². The number of hydrogen-bond acceptors (Lipinski definition) is 3. The number of quaternary nitrogens is 1. The van der Waals surface area contributed by atoms with E-state index in [-0.39, 0.29) is 11.7 Å². The number of aryl methyl sites for hydroxylation is 1. The molecule has 0 amide bonds. The van der Waals surface area contributed by atoms with E-state index in [2.05, 4.69) is 19.1 Å². The minimum absolute atomic E-state index is 0.154. The van der Waals surface area contributed by atoms with Crippen molar-refractivity contribution in [1.82, 2.24) is 0 Å². The smallest absolute Gasteiger partial charge is 0.336 e. The van der Waals surface area contributed by atoms with Crippen molar-refractivity contribution in [3.63, 3.8) is 0 Å². The fourth-order valence-electron chi connectivity index (χ4n) is 3.10. The molecule has 0 atom stereocenters. The lowest BCUT2D eigenvalue weighted by Gasteiger charge is -2.26. The number of benzene rings is 1. The second-order valence-corrected chi connectivity index (χ2v) is 5.93. The molecule has 1 aromatic heterocycles. The van der Waals surface area contributed by atoms with Gasteiger partial charge in [0.1, 0.15) is 12.1 Å². The molecular weight excluding hydrogens is 266 g/mol. The van der Waals surface area contributed by atoms with Crippen LogP contribution in [-0.4, -0.2) is 24.3 Å². The van der Waals surface area contributed by atoms with Gasteiger partial charge in [0.2, 0.25) is 0 Å². The zero-order valence-corrected chi connectivity index (χ0v) is 12.4. The molecule has 1 aliphatic heterocycles. The fourth-order valence-corrected chi connectivity index (χ4v) is 3.10. The molecule has 3 rings (SSSR count). The van der Waals surface area contributed by atoms with Crippen molar-refractivity contribution in [3.05, 3.63) is 45.8 Å². The molecule has 21 heavy (non-hydrogen) atoms. The zero-order chi connectivity index (χ0) is 14.8. The summed E-state index contributed by atoms with van der Waals surface area (Å²) in [5.74, 6) is 0. The molecule has 2 aromatic rings. The third-order valence-corrected chi connectivity index (χ3v) is 4.41. The minimum Gasteiger partial charge on any atom is -0.423 e. The molecule has 4 heteroatoms. The summed E-state index contributed by atoms with van der Waals surface area (Å²) in [4.78, 5) is 13.2. The van der Waals surface area contributed by atoms with Crippen molar-refractivity contribution < 1.29 is 14.4 Å². The van der Waals surface area contributed by atoms with Crippen molar-refractivity contribution in [2.24, 2.45) is 0 Å². The average Bonchev–Trinajstić information content (AvgIpc) is 2.48. The van der Waals surface area contributed by atoms with Gasteiger partial charge >= 0.3 is 5.63 Å². The largest absolute Gasteiger partial charge is 0.423 e. The van der Waals surface area contributed by atoms with Crippen LogP contribution < -0.4 is 10.5 Å². The molecule has 1 aromatic carbocycles. The van der Waals surface area contributed by atoms with Gasteiger partial charge in [0.25, 0.3) is 0 Å². The summed E-state index contributed by atoms with van der Waals surface area (Å²) in [5.41, 5.74) is 2.64. The van der Waals surface area contributed by atoms with Gasteiger partial charge in [-0.2, -0.15) is 0 Å². The van der Waals surface area contributed by atoms with Crippen LogP contribution in [-0.2, 0) is 13.0 Å². The molecular formula is C17H22NO3+. The standard InChI is InChI=1S/C17H21NO3/c1-2-12-3-4-15-13(10-17(20)21-16(15)9-12)11-18-7-5-14(19)6-8-18/h3-4,9-10,14,19H,2,5-8,11H2,1H3/p+1. The summed E-state index contributed by atoms with van der Waals surface area (Å²) in [7, 11) is 0. The summed E-state index contributed by atoms with van der Waals surface area (Å²) in [6, 6.07) is 7.74. The highest BCUT2D eigenvalue weighted by atomic mass is 16.4. The number of likely N-dealkylation sites (tertiary alicyclic amines) is 1. The van der Waals surface area contributed by atoms with Gasteiger partial charge in [0.05, 0.1) is 19.2 Å². The SMILES string of the molecule is CCc1ccc2c(C[NH+]3CCC(O)CC3)cc(=O)oc2c1. The number of nitrogens with one attached hydrogen (secondary N) is 1. The average molecular weight is 288 g/mol. The molecule has 0 aliphatic carbocycles. The van der Waals surface area contributed by atoms with Gasteiger partial charge in [0, 0.05) is 29.9 Å². The first-order valence-electron chi connectivity index (χ1n) is 7.73. The lowest BCUT2D eigenvalue weighted by Crippen LogP contribution is -3.12. The molecule has 4 nitrogen and oxygen atoms in total. The third-order valence-electron chi connectivity index (χ3n) is 4.41. The van der Waals surface area contributed by atoms with E-state index in [1.807, 2.05) is 6.07 Å². The number of aliphatic hydroxyl groups is 1. The van der Waals surface area contributed by atoms with Crippen LogP contribution in [0, 0.1) is 0 Å². The van der Waals surface area contributed by atoms with Crippen molar-refractivity contribution in [2.75, 3.05) is 13.1 Å². The third kappa shape index (κ3) is 3.17. The fraction of sp³-hybridized carbons (Fsp3) is 0.471. The van der Waals surface area contributed by atoms with Crippen LogP contribution in [0.4, 0.5) is 0 Å². The molecule has 1 saturated heterocycles. The highest BCUT2D eigenvalue weighted by Gasteiger charge is 2.21. The van der Waals surface area contributed by atoms with Gasteiger partial charge < -0.3 is 14.4 Å². The molecule has 2 N–H and O–H groups in total. The minimum atomic E-state index is -0.276. The predicted octanol–water partition coefficient (Wildman–Crippen LogP) is 0.895. The van der Waals surface area contributed by atoms with E-state index in [1.165, 1.54) is 10.5 Å². The highest BCUT2D eigenvalue weighted by molar-refractivity contribution is 5.80. The van der Waals surface area contributed by atoms with Crippen LogP contribution in [0.1, 0.15) is 30.9 Å². The summed E-state index contributed by atoms with van der Waals surface area (Å²) < 4.78 is 5.35. The zero-order valence-electron chi connectivity index (χ0n) is 12.4. The van der Waals surface area contributed by atoms with Crippen LogP contribution in [0.25, 0.3) is 11.0 Å². The highest BCUT2D eigenvalue weighted by Crippen LogP contribution is 2.18. The Morgan fingerprint density at radius 3 is 2.76 bits per heavy atom. The molecule has 0 spiro atoms. The number of piperidine rings is 1. The second-order valence-electron chi connectivity index (χ2n) is 5.93. The normalized spacial score (nSPS) is 22.6. The maximum atomic E-state index is 11.8. The van der Waals surface area contributed by atoms with Gasteiger partial charge in [-0.3, -0.25) is 0 Å². The maximum Gasteiger partial charge on any atom is 0.336 e. The number of aliphatic hydroxyl groups excluding tert-OH is 1. The Balaban J connectivity index is 1.92. The molecule has 0 radical (unpaired) electrons. The molecule has 0 bridgehead atoms. The van der Waals surface area contributed by atoms with Gasteiger partial charge in [-0.25, -0.2) is 4.79 Å². The van der Waals surface area contributed by atoms with Crippen LogP contribution in [0.5, 0.6) is 0 Å². The predicted molar refractivity (Wildman–Crippen MR) is 81.5 cm³/mol. The van der Waals surface area contributed by atoms with Crippen molar-refractivity contribution in [1.29, 1.82) is 0 Å². The number of hydrogen-bond donors (Lipinski definition) is 2. The molecule has 1 aliphatic rings. The van der Waals surface area contributed by atoms with E-state index >= 15 is 0 Å². The van der Waals surface area contributed by atoms with Crippen LogP contribution in [0.15, 0.2) is 33.5 Å². The second kappa shape index (κ2) is 6.00. The Bertz CT molecular complexity index is 684. The Kier molecular flexibility index (Phi) is 4.08. The van der Waals surface area contributed by atoms with Crippen molar-refractivity contribution >= 4 is 11.0 Å². The molecule has 1 fully saturated rings. The maximum absolute atomic E-state index is 11.8. The molecule has 2 heterocycles. The topological polar surface area (TPSA) is 54.9 Å². The lowest BCUT2D eigenvalue weighted by molar-refractivity contribution is -0.919. The molecule has 112 valence electrons. The Morgan fingerprint density at radius 2 is 2.05 bits per heavy atom. The first-order valence-corrected chi connectivity index (χ1v) is 7.73. The van der Waals surface area contributed by atoms with E-state index in [0.717, 1.165) is 49.8 Å². The van der Waals surface area contributed by atoms with E-state index < -0.39 is 0 Å². The molecule has 0 unspecified atom stereocenters. The quantitative estimate of drug-likeness (QED) is 0.825. The number of rotatable bonds is 3. The molecule has 0 saturated carbocycles. The Hall–Kier alpha value is -1.65.